The molecule has 1 unspecified atom stereocenters. The first-order valence-electron chi connectivity index (χ1n) is 9.89. The molecule has 0 amide bonds. The Morgan fingerprint density at radius 2 is 1.68 bits per heavy atom. The van der Waals surface area contributed by atoms with Gasteiger partial charge in [-0.3, -0.25) is 0 Å². The molecule has 1 aromatic rings. The molecule has 4 aliphatic rings. The molecular formula is C21H29FN2S. The van der Waals surface area contributed by atoms with Crippen LogP contribution in [-0.4, -0.2) is 11.2 Å². The average Bonchev–Trinajstić information content (AvgIpc) is 2.55. The van der Waals surface area contributed by atoms with E-state index in [4.69, 9.17) is 12.2 Å². The number of anilines is 1. The fourth-order valence-electron chi connectivity index (χ4n) is 6.28. The molecule has 0 radical (unpaired) electrons. The second-order valence-electron chi connectivity index (χ2n) is 8.73. The molecule has 136 valence electrons. The molecule has 1 aromatic carbocycles. The van der Waals surface area contributed by atoms with E-state index in [9.17, 15) is 4.39 Å². The highest BCUT2D eigenvalue weighted by molar-refractivity contribution is 7.80. The van der Waals surface area contributed by atoms with Crippen molar-refractivity contribution < 1.29 is 4.39 Å². The summed E-state index contributed by atoms with van der Waals surface area (Å²) in [6.07, 6.45) is 10.9. The number of nitrogens with one attached hydrogen (secondary N) is 2. The van der Waals surface area contributed by atoms with Crippen molar-refractivity contribution in [1.29, 1.82) is 0 Å². The van der Waals surface area contributed by atoms with Gasteiger partial charge in [0.1, 0.15) is 5.82 Å². The van der Waals surface area contributed by atoms with Gasteiger partial charge in [-0.05, 0) is 105 Å². The minimum absolute atomic E-state index is 0.221. The summed E-state index contributed by atoms with van der Waals surface area (Å²) in [5.74, 6) is 2.63. The van der Waals surface area contributed by atoms with Crippen molar-refractivity contribution in [2.75, 3.05) is 5.32 Å². The fraction of sp³-hybridized carbons (Fsp3) is 0.667. The van der Waals surface area contributed by atoms with Crippen molar-refractivity contribution in [3.05, 3.63) is 30.1 Å². The Balaban J connectivity index is 1.46. The number of benzene rings is 1. The number of hydrogen-bond donors (Lipinski definition) is 2. The molecule has 0 saturated heterocycles. The summed E-state index contributed by atoms with van der Waals surface area (Å²) in [7, 11) is 0. The summed E-state index contributed by atoms with van der Waals surface area (Å²) in [6.45, 7) is 2.27. The van der Waals surface area contributed by atoms with Crippen LogP contribution in [0.15, 0.2) is 24.3 Å². The monoisotopic (exact) mass is 360 g/mol. The van der Waals surface area contributed by atoms with Gasteiger partial charge in [-0.25, -0.2) is 4.39 Å². The topological polar surface area (TPSA) is 24.1 Å². The SMILES string of the molecule is CCCC(NC(=S)Nc1ccc(F)cc1)C12CC3CC(CC(C3)C1)C2. The summed E-state index contributed by atoms with van der Waals surface area (Å²) in [4.78, 5) is 0. The van der Waals surface area contributed by atoms with E-state index < -0.39 is 0 Å². The van der Waals surface area contributed by atoms with Crippen molar-refractivity contribution in [2.45, 2.75) is 64.3 Å². The first kappa shape index (κ1) is 17.3. The largest absolute Gasteiger partial charge is 0.359 e. The van der Waals surface area contributed by atoms with Crippen molar-refractivity contribution in [1.82, 2.24) is 5.32 Å². The van der Waals surface area contributed by atoms with Crippen LogP contribution in [-0.2, 0) is 0 Å². The zero-order valence-corrected chi connectivity index (χ0v) is 15.9. The second kappa shape index (κ2) is 6.86. The van der Waals surface area contributed by atoms with Crippen LogP contribution in [0.5, 0.6) is 0 Å². The maximum absolute atomic E-state index is 13.1. The summed E-state index contributed by atoms with van der Waals surface area (Å²) in [6, 6.07) is 6.87. The lowest BCUT2D eigenvalue weighted by Crippen LogP contribution is -2.57. The van der Waals surface area contributed by atoms with E-state index in [0.717, 1.165) is 23.4 Å². The van der Waals surface area contributed by atoms with Crippen LogP contribution in [0, 0.1) is 29.0 Å². The normalized spacial score (nSPS) is 33.9. The van der Waals surface area contributed by atoms with E-state index in [1.807, 2.05) is 0 Å². The van der Waals surface area contributed by atoms with Gasteiger partial charge in [0.15, 0.2) is 5.11 Å². The second-order valence-corrected chi connectivity index (χ2v) is 9.13. The Morgan fingerprint density at radius 3 is 2.20 bits per heavy atom. The molecular weight excluding hydrogens is 331 g/mol. The quantitative estimate of drug-likeness (QED) is 0.678. The molecule has 4 aliphatic carbocycles. The third-order valence-electron chi connectivity index (χ3n) is 6.81. The van der Waals surface area contributed by atoms with E-state index in [1.165, 1.54) is 63.5 Å². The van der Waals surface area contributed by atoms with Crippen molar-refractivity contribution in [2.24, 2.45) is 23.2 Å². The molecule has 4 saturated carbocycles. The van der Waals surface area contributed by atoms with E-state index in [1.54, 1.807) is 12.1 Å². The first-order chi connectivity index (χ1) is 12.1. The zero-order chi connectivity index (χ0) is 17.4. The number of thiocarbonyl (C=S) groups is 1. The van der Waals surface area contributed by atoms with Gasteiger partial charge in [0.05, 0.1) is 0 Å². The zero-order valence-electron chi connectivity index (χ0n) is 15.1. The van der Waals surface area contributed by atoms with Crippen molar-refractivity contribution in [3.8, 4) is 0 Å². The Hall–Kier alpha value is -1.16. The maximum atomic E-state index is 13.1. The molecule has 1 atom stereocenters. The van der Waals surface area contributed by atoms with Gasteiger partial charge in [0.2, 0.25) is 0 Å². The molecule has 0 aliphatic heterocycles. The van der Waals surface area contributed by atoms with E-state index in [0.29, 0.717) is 16.6 Å². The summed E-state index contributed by atoms with van der Waals surface area (Å²) < 4.78 is 13.1. The highest BCUT2D eigenvalue weighted by Crippen LogP contribution is 2.61. The predicted octanol–water partition coefficient (Wildman–Crippen LogP) is 5.50. The van der Waals surface area contributed by atoms with Gasteiger partial charge in [0, 0.05) is 11.7 Å². The molecule has 4 heteroatoms. The summed E-state index contributed by atoms with van der Waals surface area (Å²) in [5.41, 5.74) is 1.29. The fourth-order valence-corrected chi connectivity index (χ4v) is 6.54. The Labute approximate surface area is 156 Å². The predicted molar refractivity (Wildman–Crippen MR) is 105 cm³/mol. The van der Waals surface area contributed by atoms with Gasteiger partial charge >= 0.3 is 0 Å². The number of halogens is 1. The van der Waals surface area contributed by atoms with Crippen LogP contribution in [0.1, 0.15) is 58.3 Å². The van der Waals surface area contributed by atoms with E-state index >= 15 is 0 Å². The van der Waals surface area contributed by atoms with E-state index in [2.05, 4.69) is 17.6 Å². The smallest absolute Gasteiger partial charge is 0.171 e. The van der Waals surface area contributed by atoms with Crippen LogP contribution < -0.4 is 10.6 Å². The molecule has 2 N–H and O–H groups in total. The minimum atomic E-state index is -0.221. The molecule has 2 nitrogen and oxygen atoms in total. The Kier molecular flexibility index (Phi) is 4.74. The first-order valence-corrected chi connectivity index (χ1v) is 10.3. The molecule has 4 fully saturated rings. The van der Waals surface area contributed by atoms with Crippen molar-refractivity contribution >= 4 is 23.0 Å². The van der Waals surface area contributed by atoms with Gasteiger partial charge in [0.25, 0.3) is 0 Å². The average molecular weight is 361 g/mol. The third-order valence-corrected chi connectivity index (χ3v) is 7.03. The lowest BCUT2D eigenvalue weighted by atomic mass is 9.47. The molecule has 0 spiro atoms. The van der Waals surface area contributed by atoms with Crippen LogP contribution in [0.25, 0.3) is 0 Å². The molecule has 0 heterocycles. The standard InChI is InChI=1S/C21H29FN2S/c1-2-3-19(24-20(25)23-18-6-4-17(22)5-7-18)21-11-14-8-15(12-21)10-16(9-14)13-21/h4-7,14-16,19H,2-3,8-13H2,1H3,(H2,23,24,25). The molecule has 5 rings (SSSR count). The Morgan fingerprint density at radius 1 is 1.12 bits per heavy atom. The van der Waals surface area contributed by atoms with Gasteiger partial charge in [-0.2, -0.15) is 0 Å². The third kappa shape index (κ3) is 3.55. The number of hydrogen-bond acceptors (Lipinski definition) is 1. The van der Waals surface area contributed by atoms with Gasteiger partial charge in [-0.1, -0.05) is 13.3 Å². The van der Waals surface area contributed by atoms with Crippen LogP contribution in [0.4, 0.5) is 10.1 Å². The van der Waals surface area contributed by atoms with Crippen LogP contribution in [0.2, 0.25) is 0 Å². The van der Waals surface area contributed by atoms with E-state index in [-0.39, 0.29) is 5.82 Å². The molecule has 25 heavy (non-hydrogen) atoms. The van der Waals surface area contributed by atoms with Gasteiger partial charge in [-0.15, -0.1) is 0 Å². The molecule has 0 aromatic heterocycles. The summed E-state index contributed by atoms with van der Waals surface area (Å²) >= 11 is 5.60. The maximum Gasteiger partial charge on any atom is 0.171 e. The van der Waals surface area contributed by atoms with Crippen LogP contribution >= 0.6 is 12.2 Å². The lowest BCUT2D eigenvalue weighted by molar-refractivity contribution is -0.0718. The lowest BCUT2D eigenvalue weighted by Gasteiger charge is -2.59. The Bertz CT molecular complexity index is 592. The highest BCUT2D eigenvalue weighted by atomic mass is 32.1. The van der Waals surface area contributed by atoms with Crippen LogP contribution in [0.3, 0.4) is 0 Å². The minimum Gasteiger partial charge on any atom is -0.359 e. The highest BCUT2D eigenvalue weighted by Gasteiger charge is 2.54. The molecule has 4 bridgehead atoms. The number of rotatable bonds is 5. The summed E-state index contributed by atoms with van der Waals surface area (Å²) in [5, 5.41) is 7.59. The van der Waals surface area contributed by atoms with Gasteiger partial charge < -0.3 is 10.6 Å². The van der Waals surface area contributed by atoms with Crippen molar-refractivity contribution in [3.63, 3.8) is 0 Å².